The third-order valence-electron chi connectivity index (χ3n) is 3.88. The van der Waals surface area contributed by atoms with Crippen molar-refractivity contribution in [1.29, 1.82) is 0 Å². The predicted octanol–water partition coefficient (Wildman–Crippen LogP) is 2.95. The minimum absolute atomic E-state index is 0.0186. The topological polar surface area (TPSA) is 135 Å². The first-order chi connectivity index (χ1) is 13.5. The van der Waals surface area contributed by atoms with Gasteiger partial charge in [0.1, 0.15) is 5.75 Å². The summed E-state index contributed by atoms with van der Waals surface area (Å²) in [6, 6.07) is 14.1. The van der Waals surface area contributed by atoms with E-state index in [1.165, 1.54) is 12.1 Å². The van der Waals surface area contributed by atoms with Gasteiger partial charge in [0.15, 0.2) is 0 Å². The number of carbonyl (C=O) groups is 1. The number of hydrogen-bond donors (Lipinski definition) is 2. The van der Waals surface area contributed by atoms with Crippen LogP contribution in [0.5, 0.6) is 5.75 Å². The highest BCUT2D eigenvalue weighted by Crippen LogP contribution is 2.31. The number of fused-ring (bicyclic) bond motifs is 1. The molecule has 0 saturated carbocycles. The molecule has 0 aliphatic heterocycles. The lowest BCUT2D eigenvalue weighted by Crippen LogP contribution is -2.06. The van der Waals surface area contributed by atoms with Crippen LogP contribution in [0.1, 0.15) is 5.56 Å². The number of carbonyl (C=O) groups excluding carboxylic acids is 1. The molecule has 0 atom stereocenters. The van der Waals surface area contributed by atoms with Gasteiger partial charge in [-0.2, -0.15) is 16.8 Å². The van der Waals surface area contributed by atoms with Crippen LogP contribution in [-0.2, 0) is 25.0 Å². The molecule has 0 spiro atoms. The maximum Gasteiger partial charge on any atom is 0.336 e. The molecule has 3 aromatic carbocycles. The van der Waals surface area contributed by atoms with Crippen LogP contribution in [0, 0.1) is 0 Å². The Labute approximate surface area is 166 Å². The second-order valence-corrected chi connectivity index (χ2v) is 8.76. The van der Waals surface area contributed by atoms with Gasteiger partial charge in [0, 0.05) is 17.5 Å². The summed E-state index contributed by atoms with van der Waals surface area (Å²) in [5.74, 6) is -1.03. The van der Waals surface area contributed by atoms with Crippen molar-refractivity contribution in [1.82, 2.24) is 0 Å². The Morgan fingerprint density at radius 2 is 1.45 bits per heavy atom. The quantitative estimate of drug-likeness (QED) is 0.271. The van der Waals surface area contributed by atoms with Crippen LogP contribution in [-0.4, -0.2) is 31.9 Å². The molecule has 0 radical (unpaired) electrons. The number of benzene rings is 3. The molecule has 0 aliphatic rings. The van der Waals surface area contributed by atoms with Crippen LogP contribution < -0.4 is 4.74 Å². The van der Waals surface area contributed by atoms with E-state index in [0.717, 1.165) is 35.9 Å². The van der Waals surface area contributed by atoms with E-state index >= 15 is 0 Å². The van der Waals surface area contributed by atoms with Gasteiger partial charge < -0.3 is 4.74 Å². The third-order valence-corrected chi connectivity index (χ3v) is 5.56. The Balaban J connectivity index is 2.05. The fraction of sp³-hybridized carbons (Fsp3) is 0. The van der Waals surface area contributed by atoms with Gasteiger partial charge in [0.05, 0.1) is 9.79 Å². The first-order valence-corrected chi connectivity index (χ1v) is 10.9. The Morgan fingerprint density at radius 1 is 0.828 bits per heavy atom. The Hall–Kier alpha value is -3.05. The molecule has 0 bridgehead atoms. The molecule has 3 rings (SSSR count). The molecular weight excluding hydrogens is 420 g/mol. The molecule has 0 fully saturated rings. The zero-order chi connectivity index (χ0) is 21.2. The van der Waals surface area contributed by atoms with Crippen molar-refractivity contribution in [2.45, 2.75) is 9.79 Å². The number of rotatable bonds is 5. The first-order valence-electron chi connectivity index (χ1n) is 8.02. The van der Waals surface area contributed by atoms with Crippen molar-refractivity contribution >= 4 is 43.1 Å². The minimum Gasteiger partial charge on any atom is -0.423 e. The van der Waals surface area contributed by atoms with Gasteiger partial charge in [-0.15, -0.1) is 0 Å². The van der Waals surface area contributed by atoms with E-state index in [4.69, 9.17) is 4.74 Å². The Bertz CT molecular complexity index is 1320. The summed E-state index contributed by atoms with van der Waals surface area (Å²) in [6.07, 6.45) is 2.63. The molecule has 0 heterocycles. The normalized spacial score (nSPS) is 12.3. The van der Waals surface area contributed by atoms with Crippen molar-refractivity contribution in [2.75, 3.05) is 0 Å². The number of esters is 1. The molecule has 8 nitrogen and oxygen atoms in total. The molecule has 0 aromatic heterocycles. The molecular formula is C19H14O8S2. The van der Waals surface area contributed by atoms with Crippen molar-refractivity contribution in [2.24, 2.45) is 0 Å². The van der Waals surface area contributed by atoms with Gasteiger partial charge in [-0.3, -0.25) is 9.11 Å². The van der Waals surface area contributed by atoms with E-state index < -0.39 is 36.0 Å². The highest BCUT2D eigenvalue weighted by Gasteiger charge is 2.18. The van der Waals surface area contributed by atoms with Gasteiger partial charge in [0.25, 0.3) is 20.2 Å². The smallest absolute Gasteiger partial charge is 0.336 e. The molecule has 2 N–H and O–H groups in total. The summed E-state index contributed by atoms with van der Waals surface area (Å²) in [7, 11) is -9.23. The Morgan fingerprint density at radius 3 is 2.07 bits per heavy atom. The summed E-state index contributed by atoms with van der Waals surface area (Å²) >= 11 is 0. The third kappa shape index (κ3) is 5.06. The maximum absolute atomic E-state index is 12.2. The van der Waals surface area contributed by atoms with Gasteiger partial charge in [-0.25, -0.2) is 4.79 Å². The fourth-order valence-corrected chi connectivity index (χ4v) is 3.60. The van der Waals surface area contributed by atoms with Crippen LogP contribution in [0.4, 0.5) is 0 Å². The van der Waals surface area contributed by atoms with E-state index in [1.54, 1.807) is 24.3 Å². The van der Waals surface area contributed by atoms with Crippen molar-refractivity contribution in [3.05, 3.63) is 72.3 Å². The Kier molecular flexibility index (Phi) is 5.53. The van der Waals surface area contributed by atoms with E-state index in [9.17, 15) is 30.7 Å². The first kappa shape index (κ1) is 20.7. The molecule has 0 aliphatic carbocycles. The summed E-state index contributed by atoms with van der Waals surface area (Å²) in [5.41, 5.74) is 0.735. The lowest BCUT2D eigenvalue weighted by atomic mass is 10.1. The monoisotopic (exact) mass is 434 g/mol. The molecule has 10 heteroatoms. The SMILES string of the molecule is O=C(/C=C\c1ccccc1)Oc1cc(S(=O)(=O)O)cc2cc(S(=O)(=O)O)ccc12. The number of ether oxygens (including phenoxy) is 1. The van der Waals surface area contributed by atoms with Gasteiger partial charge in [-0.05, 0) is 41.3 Å². The average molecular weight is 434 g/mol. The highest BCUT2D eigenvalue weighted by atomic mass is 32.2. The number of hydrogen-bond acceptors (Lipinski definition) is 6. The molecule has 3 aromatic rings. The highest BCUT2D eigenvalue weighted by molar-refractivity contribution is 7.86. The molecule has 150 valence electrons. The van der Waals surface area contributed by atoms with E-state index in [2.05, 4.69) is 0 Å². The van der Waals surface area contributed by atoms with E-state index in [-0.39, 0.29) is 16.5 Å². The van der Waals surface area contributed by atoms with Gasteiger partial charge >= 0.3 is 5.97 Å². The van der Waals surface area contributed by atoms with Crippen LogP contribution in [0.3, 0.4) is 0 Å². The van der Waals surface area contributed by atoms with Gasteiger partial charge in [-0.1, -0.05) is 30.3 Å². The van der Waals surface area contributed by atoms with Crippen molar-refractivity contribution in [3.8, 4) is 5.75 Å². The van der Waals surface area contributed by atoms with Crippen molar-refractivity contribution < 1.29 is 35.5 Å². The zero-order valence-corrected chi connectivity index (χ0v) is 16.2. The molecule has 0 unspecified atom stereocenters. The van der Waals surface area contributed by atoms with Gasteiger partial charge in [0.2, 0.25) is 0 Å². The van der Waals surface area contributed by atoms with E-state index in [0.29, 0.717) is 0 Å². The van der Waals surface area contributed by atoms with Crippen LogP contribution in [0.15, 0.2) is 76.5 Å². The van der Waals surface area contributed by atoms with Crippen LogP contribution in [0.25, 0.3) is 16.8 Å². The molecule has 0 amide bonds. The summed E-state index contributed by atoms with van der Waals surface area (Å²) < 4.78 is 69.5. The lowest BCUT2D eigenvalue weighted by molar-refractivity contribution is -0.128. The summed E-state index contributed by atoms with van der Waals surface area (Å²) in [5, 5.41) is 0.219. The lowest BCUT2D eigenvalue weighted by Gasteiger charge is -2.09. The summed E-state index contributed by atoms with van der Waals surface area (Å²) in [4.78, 5) is 11.1. The second kappa shape index (κ2) is 7.76. The van der Waals surface area contributed by atoms with Crippen LogP contribution >= 0.6 is 0 Å². The average Bonchev–Trinajstić information content (AvgIpc) is 2.65. The molecule has 29 heavy (non-hydrogen) atoms. The zero-order valence-electron chi connectivity index (χ0n) is 14.6. The maximum atomic E-state index is 12.2. The second-order valence-electron chi connectivity index (χ2n) is 5.92. The van der Waals surface area contributed by atoms with Crippen molar-refractivity contribution in [3.63, 3.8) is 0 Å². The molecule has 0 saturated heterocycles. The minimum atomic E-state index is -4.68. The standard InChI is InChI=1S/C19H14O8S2/c20-19(9-6-13-4-2-1-3-5-13)27-18-12-16(29(24,25)26)11-14-10-15(28(21,22)23)7-8-17(14)18/h1-12H,(H,21,22,23)(H,24,25,26)/b9-6-. The predicted molar refractivity (Wildman–Crippen MR) is 105 cm³/mol. The van der Waals surface area contributed by atoms with E-state index in [1.807, 2.05) is 6.07 Å². The van der Waals surface area contributed by atoms with Crippen LogP contribution in [0.2, 0.25) is 0 Å². The summed E-state index contributed by atoms with van der Waals surface area (Å²) in [6.45, 7) is 0. The fourth-order valence-electron chi connectivity index (χ4n) is 2.55. The largest absolute Gasteiger partial charge is 0.423 e.